The van der Waals surface area contributed by atoms with E-state index in [0.29, 0.717) is 50.1 Å². The molecule has 0 fully saturated rings. The van der Waals surface area contributed by atoms with Crippen LogP contribution in [0.25, 0.3) is 0 Å². The van der Waals surface area contributed by atoms with E-state index >= 15 is 0 Å². The molecule has 3 aromatic rings. The summed E-state index contributed by atoms with van der Waals surface area (Å²) < 4.78 is 35.3. The lowest BCUT2D eigenvalue weighted by molar-refractivity contribution is 0.107. The number of anilines is 1. The predicted octanol–water partition coefficient (Wildman–Crippen LogP) is 4.99. The maximum Gasteiger partial charge on any atom is 0.322 e. The van der Waals surface area contributed by atoms with E-state index in [1.54, 1.807) is 49.5 Å². The van der Waals surface area contributed by atoms with Crippen molar-refractivity contribution in [3.63, 3.8) is 0 Å². The summed E-state index contributed by atoms with van der Waals surface area (Å²) in [6.07, 6.45) is 0. The van der Waals surface area contributed by atoms with E-state index in [2.05, 4.69) is 5.32 Å². The van der Waals surface area contributed by atoms with Crippen molar-refractivity contribution in [1.29, 1.82) is 0 Å². The van der Waals surface area contributed by atoms with Crippen molar-refractivity contribution < 1.29 is 28.1 Å². The van der Waals surface area contributed by atoms with Crippen LogP contribution in [0.2, 0.25) is 0 Å². The van der Waals surface area contributed by atoms with Crippen LogP contribution in [0.15, 0.2) is 60.7 Å². The molecule has 0 radical (unpaired) electrons. The van der Waals surface area contributed by atoms with Gasteiger partial charge in [-0.3, -0.25) is 0 Å². The minimum absolute atomic E-state index is 0.252. The Bertz CT molecular complexity index is 1140. The summed E-state index contributed by atoms with van der Waals surface area (Å²) in [5.41, 5.74) is 3.32. The minimum atomic E-state index is -0.270. The first-order valence-corrected chi connectivity index (χ1v) is 10.9. The lowest BCUT2D eigenvalue weighted by Crippen LogP contribution is -2.36. The normalized spacial score (nSPS) is 12.9. The number of nitrogens with one attached hydrogen (secondary N) is 1. The van der Waals surface area contributed by atoms with Gasteiger partial charge in [0.15, 0.2) is 0 Å². The highest BCUT2D eigenvalue weighted by atomic mass is 19.1. The van der Waals surface area contributed by atoms with Crippen molar-refractivity contribution in [2.24, 2.45) is 0 Å². The molecule has 0 atom stereocenters. The third kappa shape index (κ3) is 5.77. The number of halogens is 1. The van der Waals surface area contributed by atoms with Crippen LogP contribution in [0.1, 0.15) is 16.7 Å². The largest absolute Gasteiger partial charge is 0.497 e. The van der Waals surface area contributed by atoms with Crippen LogP contribution in [0.5, 0.6) is 17.2 Å². The van der Waals surface area contributed by atoms with Gasteiger partial charge in [-0.1, -0.05) is 18.2 Å². The summed E-state index contributed by atoms with van der Waals surface area (Å²) in [5.74, 6) is 1.63. The van der Waals surface area contributed by atoms with Gasteiger partial charge in [-0.15, -0.1) is 0 Å². The number of carbonyl (C=O) groups is 1. The van der Waals surface area contributed by atoms with Gasteiger partial charge in [0.1, 0.15) is 29.7 Å². The summed E-state index contributed by atoms with van der Waals surface area (Å²) in [6, 6.07) is 17.0. The van der Waals surface area contributed by atoms with Gasteiger partial charge in [0.25, 0.3) is 0 Å². The first-order valence-electron chi connectivity index (χ1n) is 10.9. The summed E-state index contributed by atoms with van der Waals surface area (Å²) in [4.78, 5) is 14.7. The summed E-state index contributed by atoms with van der Waals surface area (Å²) in [7, 11) is 3.12. The fourth-order valence-corrected chi connectivity index (χ4v) is 3.67. The Balaban J connectivity index is 1.40. The highest BCUT2D eigenvalue weighted by molar-refractivity contribution is 5.91. The van der Waals surface area contributed by atoms with E-state index in [1.165, 1.54) is 12.1 Å². The number of carbonyl (C=O) groups excluding carboxylic acids is 1. The Morgan fingerprint density at radius 3 is 2.53 bits per heavy atom. The molecule has 0 aliphatic carbocycles. The van der Waals surface area contributed by atoms with Crippen LogP contribution in [0.4, 0.5) is 14.9 Å². The quantitative estimate of drug-likeness (QED) is 0.532. The second-order valence-electron chi connectivity index (χ2n) is 7.83. The molecule has 0 aromatic heterocycles. The second kappa shape index (κ2) is 10.9. The highest BCUT2D eigenvalue weighted by Crippen LogP contribution is 2.30. The van der Waals surface area contributed by atoms with Crippen molar-refractivity contribution in [2.45, 2.75) is 19.8 Å². The van der Waals surface area contributed by atoms with Crippen LogP contribution < -0.4 is 19.5 Å². The van der Waals surface area contributed by atoms with Gasteiger partial charge in [-0.2, -0.15) is 0 Å². The first kappa shape index (κ1) is 23.4. The molecule has 1 heterocycles. The number of fused-ring (bicyclic) bond motifs is 1. The molecule has 8 heteroatoms. The lowest BCUT2D eigenvalue weighted by Gasteiger charge is -2.21. The number of hydrogen-bond donors (Lipinski definition) is 1. The molecule has 0 bridgehead atoms. The molecule has 4 rings (SSSR count). The fraction of sp³-hybridized carbons (Fsp3) is 0.269. The molecule has 3 aromatic carbocycles. The number of ether oxygens (including phenoxy) is 4. The Morgan fingerprint density at radius 1 is 1.00 bits per heavy atom. The number of amides is 2. The third-order valence-electron chi connectivity index (χ3n) is 5.49. The van der Waals surface area contributed by atoms with E-state index in [0.717, 1.165) is 22.4 Å². The molecular weight excluding hydrogens is 439 g/mol. The van der Waals surface area contributed by atoms with E-state index < -0.39 is 0 Å². The summed E-state index contributed by atoms with van der Waals surface area (Å²) in [5, 5.41) is 2.91. The van der Waals surface area contributed by atoms with Crippen molar-refractivity contribution in [2.75, 3.05) is 32.7 Å². The average molecular weight is 467 g/mol. The van der Waals surface area contributed by atoms with Gasteiger partial charge >= 0.3 is 6.03 Å². The van der Waals surface area contributed by atoms with E-state index in [9.17, 15) is 9.18 Å². The molecule has 1 aliphatic rings. The average Bonchev–Trinajstić information content (AvgIpc) is 3.07. The number of benzene rings is 3. The zero-order chi connectivity index (χ0) is 23.9. The van der Waals surface area contributed by atoms with E-state index in [4.69, 9.17) is 18.9 Å². The molecule has 0 saturated heterocycles. The van der Waals surface area contributed by atoms with Crippen molar-refractivity contribution in [3.05, 3.63) is 83.2 Å². The molecule has 1 aliphatic heterocycles. The van der Waals surface area contributed by atoms with Crippen molar-refractivity contribution in [3.8, 4) is 17.2 Å². The Labute approximate surface area is 198 Å². The number of hydrogen-bond acceptors (Lipinski definition) is 5. The standard InChI is InChI=1S/C26H27FN2O5/c1-31-22-8-9-23(25(14-22)32-2)28-26(30)29-11-12-34-24-10-5-19(13-20(24)15-29)17-33-16-18-3-6-21(27)7-4-18/h3-10,13-14H,11-12,15-17H2,1-2H3,(H,28,30). The maximum atomic E-state index is 13.1. The molecule has 7 nitrogen and oxygen atoms in total. The van der Waals surface area contributed by atoms with Gasteiger partial charge in [0.05, 0.1) is 46.2 Å². The molecule has 0 unspecified atom stereocenters. The van der Waals surface area contributed by atoms with Crippen LogP contribution in [0.3, 0.4) is 0 Å². The monoisotopic (exact) mass is 466 g/mol. The molecule has 178 valence electrons. The van der Waals surface area contributed by atoms with Gasteiger partial charge in [-0.25, -0.2) is 9.18 Å². The third-order valence-corrected chi connectivity index (χ3v) is 5.49. The van der Waals surface area contributed by atoms with E-state index in [1.807, 2.05) is 18.2 Å². The van der Waals surface area contributed by atoms with Crippen LogP contribution in [-0.2, 0) is 24.5 Å². The molecule has 34 heavy (non-hydrogen) atoms. The topological polar surface area (TPSA) is 69.3 Å². The van der Waals surface area contributed by atoms with Gasteiger partial charge in [0.2, 0.25) is 0 Å². The Hall–Kier alpha value is -3.78. The second-order valence-corrected chi connectivity index (χ2v) is 7.83. The van der Waals surface area contributed by atoms with Crippen LogP contribution in [-0.4, -0.2) is 38.3 Å². The highest BCUT2D eigenvalue weighted by Gasteiger charge is 2.21. The molecule has 0 saturated carbocycles. The maximum absolute atomic E-state index is 13.1. The van der Waals surface area contributed by atoms with Crippen LogP contribution in [0, 0.1) is 5.82 Å². The van der Waals surface area contributed by atoms with E-state index in [-0.39, 0.29) is 11.8 Å². The number of rotatable bonds is 7. The summed E-state index contributed by atoms with van der Waals surface area (Å²) in [6.45, 7) is 1.99. The number of methoxy groups -OCH3 is 2. The number of nitrogens with zero attached hydrogens (tertiary/aromatic N) is 1. The Kier molecular flexibility index (Phi) is 7.49. The predicted molar refractivity (Wildman–Crippen MR) is 126 cm³/mol. The minimum Gasteiger partial charge on any atom is -0.497 e. The van der Waals surface area contributed by atoms with Gasteiger partial charge in [0, 0.05) is 11.6 Å². The lowest BCUT2D eigenvalue weighted by atomic mass is 10.1. The smallest absolute Gasteiger partial charge is 0.322 e. The summed E-state index contributed by atoms with van der Waals surface area (Å²) >= 11 is 0. The van der Waals surface area contributed by atoms with Gasteiger partial charge in [-0.05, 0) is 47.5 Å². The molecule has 1 N–H and O–H groups in total. The SMILES string of the molecule is COc1ccc(NC(=O)N2CCOc3ccc(COCc4ccc(F)cc4)cc3C2)c(OC)c1. The van der Waals surface area contributed by atoms with Crippen LogP contribution >= 0.6 is 0 Å². The zero-order valence-electron chi connectivity index (χ0n) is 19.2. The molecular formula is C26H27FN2O5. The molecule has 2 amide bonds. The van der Waals surface area contributed by atoms with Crippen molar-refractivity contribution in [1.82, 2.24) is 4.90 Å². The van der Waals surface area contributed by atoms with Gasteiger partial charge < -0.3 is 29.2 Å². The zero-order valence-corrected chi connectivity index (χ0v) is 19.2. The Morgan fingerprint density at radius 2 is 1.76 bits per heavy atom. The number of urea groups is 1. The molecule has 0 spiro atoms. The van der Waals surface area contributed by atoms with Crippen molar-refractivity contribution >= 4 is 11.7 Å². The fourth-order valence-electron chi connectivity index (χ4n) is 3.67. The first-order chi connectivity index (χ1) is 16.6.